The molecular weight excluding hydrogens is 536 g/mol. The third-order valence-electron chi connectivity index (χ3n) is 6.57. The summed E-state index contributed by atoms with van der Waals surface area (Å²) in [4.78, 5) is 62.7. The van der Waals surface area contributed by atoms with Crippen LogP contribution >= 0.6 is 0 Å². The van der Waals surface area contributed by atoms with Crippen LogP contribution in [0.1, 0.15) is 29.5 Å². The van der Waals surface area contributed by atoms with Crippen molar-refractivity contribution in [3.8, 4) is 5.75 Å². The average molecular weight is 573 g/mol. The summed E-state index contributed by atoms with van der Waals surface area (Å²) in [6.07, 6.45) is 0.836. The van der Waals surface area contributed by atoms with Crippen LogP contribution in [0.4, 0.5) is 0 Å². The maximum Gasteiger partial charge on any atom is 0.243 e. The lowest BCUT2D eigenvalue weighted by molar-refractivity contribution is -0.132. The number of carbonyl (C=O) groups is 5. The van der Waals surface area contributed by atoms with Crippen LogP contribution in [-0.4, -0.2) is 55.2 Å². The third-order valence-corrected chi connectivity index (χ3v) is 6.57. The van der Waals surface area contributed by atoms with E-state index in [9.17, 15) is 24.0 Å². The van der Waals surface area contributed by atoms with Gasteiger partial charge in [-0.15, -0.1) is 0 Å². The second-order valence-electron chi connectivity index (χ2n) is 9.84. The van der Waals surface area contributed by atoms with Crippen LogP contribution < -0.4 is 26.4 Å². The highest BCUT2D eigenvalue weighted by atomic mass is 16.5. The smallest absolute Gasteiger partial charge is 0.243 e. The van der Waals surface area contributed by atoms with Crippen LogP contribution in [0, 0.1) is 0 Å². The molecule has 10 nitrogen and oxygen atoms in total. The normalized spacial score (nSPS) is 12.7. The summed E-state index contributed by atoms with van der Waals surface area (Å²) in [5.74, 6) is -1.48. The number of ether oxygens (including phenoxy) is 1. The van der Waals surface area contributed by atoms with Crippen LogP contribution in [0.3, 0.4) is 0 Å². The Balaban J connectivity index is 1.81. The Morgan fingerprint density at radius 1 is 0.738 bits per heavy atom. The van der Waals surface area contributed by atoms with Crippen LogP contribution in [0.5, 0.6) is 5.75 Å². The van der Waals surface area contributed by atoms with Gasteiger partial charge in [0.25, 0.3) is 0 Å². The second-order valence-corrected chi connectivity index (χ2v) is 9.84. The van der Waals surface area contributed by atoms with E-state index in [-0.39, 0.29) is 38.0 Å². The number of primary amides is 1. The summed E-state index contributed by atoms with van der Waals surface area (Å²) in [6, 6.07) is 22.3. The van der Waals surface area contributed by atoms with Gasteiger partial charge in [0.2, 0.25) is 23.6 Å². The molecule has 3 aromatic carbocycles. The van der Waals surface area contributed by atoms with Crippen LogP contribution in [0.2, 0.25) is 0 Å². The first kappa shape index (κ1) is 31.5. The van der Waals surface area contributed by atoms with Gasteiger partial charge in [-0.3, -0.25) is 19.2 Å². The van der Waals surface area contributed by atoms with E-state index in [4.69, 9.17) is 10.5 Å². The van der Waals surface area contributed by atoms with E-state index in [2.05, 4.69) is 16.0 Å². The molecule has 0 bridgehead atoms. The molecule has 4 amide bonds. The maximum atomic E-state index is 13.7. The predicted molar refractivity (Wildman–Crippen MR) is 157 cm³/mol. The fraction of sp³-hybridized carbons (Fsp3) is 0.281. The molecule has 0 aliphatic heterocycles. The summed E-state index contributed by atoms with van der Waals surface area (Å²) >= 11 is 0. The second kappa shape index (κ2) is 16.3. The Kier molecular flexibility index (Phi) is 12.3. The molecule has 3 rings (SSSR count). The lowest BCUT2D eigenvalue weighted by Gasteiger charge is -2.24. The van der Waals surface area contributed by atoms with Gasteiger partial charge in [-0.25, -0.2) is 0 Å². The van der Waals surface area contributed by atoms with Crippen molar-refractivity contribution in [3.05, 3.63) is 102 Å². The molecule has 0 fully saturated rings. The van der Waals surface area contributed by atoms with Gasteiger partial charge in [0, 0.05) is 19.3 Å². The molecule has 220 valence electrons. The van der Waals surface area contributed by atoms with Gasteiger partial charge >= 0.3 is 0 Å². The molecule has 3 aromatic rings. The Morgan fingerprint density at radius 3 is 1.81 bits per heavy atom. The number of nitrogens with two attached hydrogens (primary N) is 1. The highest BCUT2D eigenvalue weighted by molar-refractivity contribution is 5.93. The number of rotatable bonds is 16. The van der Waals surface area contributed by atoms with Crippen molar-refractivity contribution in [1.29, 1.82) is 0 Å². The molecule has 3 atom stereocenters. The highest BCUT2D eigenvalue weighted by Crippen LogP contribution is 2.14. The number of aldehydes is 1. The summed E-state index contributed by atoms with van der Waals surface area (Å²) in [5.41, 5.74) is 7.52. The van der Waals surface area contributed by atoms with Crippen molar-refractivity contribution >= 4 is 29.9 Å². The minimum atomic E-state index is -1.07. The summed E-state index contributed by atoms with van der Waals surface area (Å²) in [6.45, 7) is 0. The summed E-state index contributed by atoms with van der Waals surface area (Å²) in [5, 5.41) is 8.18. The van der Waals surface area contributed by atoms with E-state index < -0.39 is 35.8 Å². The van der Waals surface area contributed by atoms with Crippen molar-refractivity contribution in [2.24, 2.45) is 5.73 Å². The average Bonchev–Trinajstić information content (AvgIpc) is 2.99. The molecule has 0 spiro atoms. The quantitative estimate of drug-likeness (QED) is 0.191. The Labute approximate surface area is 245 Å². The lowest BCUT2D eigenvalue weighted by Crippen LogP contribution is -2.56. The standard InChI is InChI=1S/C32H36N4O6/c1-42-26-15-12-24(13-16-26)19-27(35-30(39)20-23-10-6-3-7-11-23)32(41)36-28(18-22-8-4-2-5-9-22)31(40)34-25(21-37)14-17-29(33)38/h2-13,15-16,21,25,27-28H,14,17-20H2,1H3,(H2,33,38)(H,34,40)(H,35,39)(H,36,41). The third kappa shape index (κ3) is 10.5. The van der Waals surface area contributed by atoms with E-state index in [1.165, 1.54) is 0 Å². The lowest BCUT2D eigenvalue weighted by atomic mass is 10.0. The minimum absolute atomic E-state index is 0.0339. The molecule has 0 aliphatic carbocycles. The highest BCUT2D eigenvalue weighted by Gasteiger charge is 2.28. The van der Waals surface area contributed by atoms with Crippen LogP contribution in [-0.2, 0) is 43.2 Å². The molecule has 0 radical (unpaired) electrons. The molecule has 0 saturated heterocycles. The Morgan fingerprint density at radius 2 is 1.26 bits per heavy atom. The van der Waals surface area contributed by atoms with Crippen molar-refractivity contribution in [3.63, 3.8) is 0 Å². The SMILES string of the molecule is COc1ccc(CC(NC(=O)Cc2ccccc2)C(=O)NC(Cc2ccccc2)C(=O)NC(C=O)CCC(N)=O)cc1. The zero-order valence-corrected chi connectivity index (χ0v) is 23.5. The minimum Gasteiger partial charge on any atom is -0.497 e. The molecule has 0 saturated carbocycles. The Bertz CT molecular complexity index is 1330. The summed E-state index contributed by atoms with van der Waals surface area (Å²) in [7, 11) is 1.55. The number of methoxy groups -OCH3 is 1. The van der Waals surface area contributed by atoms with E-state index in [1.54, 1.807) is 31.4 Å². The zero-order valence-electron chi connectivity index (χ0n) is 23.5. The summed E-state index contributed by atoms with van der Waals surface area (Å²) < 4.78 is 5.22. The molecule has 3 unspecified atom stereocenters. The number of amides is 4. The molecule has 0 heterocycles. The van der Waals surface area contributed by atoms with E-state index in [0.717, 1.165) is 16.7 Å². The number of benzene rings is 3. The zero-order chi connectivity index (χ0) is 30.3. The van der Waals surface area contributed by atoms with Gasteiger partial charge < -0.3 is 31.2 Å². The molecular formula is C32H36N4O6. The fourth-order valence-electron chi connectivity index (χ4n) is 4.32. The topological polar surface area (TPSA) is 157 Å². The van der Waals surface area contributed by atoms with E-state index in [1.807, 2.05) is 60.7 Å². The molecule has 10 heteroatoms. The first-order valence-electron chi connectivity index (χ1n) is 13.6. The fourth-order valence-corrected chi connectivity index (χ4v) is 4.32. The van der Waals surface area contributed by atoms with Gasteiger partial charge in [0.15, 0.2) is 0 Å². The first-order chi connectivity index (χ1) is 20.3. The molecule has 42 heavy (non-hydrogen) atoms. The van der Waals surface area contributed by atoms with Gasteiger partial charge in [-0.2, -0.15) is 0 Å². The number of hydrogen-bond donors (Lipinski definition) is 4. The van der Waals surface area contributed by atoms with E-state index in [0.29, 0.717) is 12.0 Å². The van der Waals surface area contributed by atoms with Crippen molar-refractivity contribution in [2.75, 3.05) is 7.11 Å². The largest absolute Gasteiger partial charge is 0.497 e. The first-order valence-corrected chi connectivity index (χ1v) is 13.6. The number of hydrogen-bond acceptors (Lipinski definition) is 6. The maximum absolute atomic E-state index is 13.7. The van der Waals surface area contributed by atoms with E-state index >= 15 is 0 Å². The number of nitrogens with one attached hydrogen (secondary N) is 3. The van der Waals surface area contributed by atoms with Gasteiger partial charge in [-0.05, 0) is 35.2 Å². The van der Waals surface area contributed by atoms with Gasteiger partial charge in [-0.1, -0.05) is 72.8 Å². The van der Waals surface area contributed by atoms with Crippen LogP contribution in [0.15, 0.2) is 84.9 Å². The predicted octanol–water partition coefficient (Wildman–Crippen LogP) is 1.64. The van der Waals surface area contributed by atoms with Crippen molar-refractivity contribution in [1.82, 2.24) is 16.0 Å². The van der Waals surface area contributed by atoms with Crippen LogP contribution in [0.25, 0.3) is 0 Å². The van der Waals surface area contributed by atoms with Gasteiger partial charge in [0.05, 0.1) is 19.6 Å². The molecule has 0 aliphatic rings. The molecule has 5 N–H and O–H groups in total. The Hall–Kier alpha value is -4.99. The van der Waals surface area contributed by atoms with Crippen molar-refractivity contribution in [2.45, 2.75) is 50.2 Å². The van der Waals surface area contributed by atoms with Gasteiger partial charge in [0.1, 0.15) is 24.1 Å². The monoisotopic (exact) mass is 572 g/mol. The molecule has 0 aromatic heterocycles. The van der Waals surface area contributed by atoms with Crippen molar-refractivity contribution < 1.29 is 28.7 Å². The number of carbonyl (C=O) groups excluding carboxylic acids is 5.